The molecule has 0 atom stereocenters. The smallest absolute Gasteiger partial charge is 0.220 e. The molecule has 10 heteroatoms. The lowest BCUT2D eigenvalue weighted by atomic mass is 9.80. The third kappa shape index (κ3) is 5.52. The Hall–Kier alpha value is -4.08. The Labute approximate surface area is 218 Å². The van der Waals surface area contributed by atoms with E-state index in [2.05, 4.69) is 82.3 Å². The second kappa shape index (κ2) is 9.10. The number of rotatable bonds is 6. The highest BCUT2D eigenvalue weighted by Gasteiger charge is 2.34. The lowest BCUT2D eigenvalue weighted by molar-refractivity contribution is 0.361. The van der Waals surface area contributed by atoms with Gasteiger partial charge in [-0.2, -0.15) is 9.98 Å². The molecule has 0 saturated carbocycles. The highest BCUT2D eigenvalue weighted by Crippen LogP contribution is 2.32. The number of guanidine groups is 4. The summed E-state index contributed by atoms with van der Waals surface area (Å²) < 4.78 is 0. The number of nitrogens with two attached hydrogens (primary N) is 4. The molecule has 37 heavy (non-hydrogen) atoms. The Morgan fingerprint density at radius 2 is 0.946 bits per heavy atom. The van der Waals surface area contributed by atoms with E-state index in [4.69, 9.17) is 22.9 Å². The molecule has 196 valence electrons. The SMILES string of the molecule is CC(C)(Cc1ccc(N2C(N)=NC(N)=NC2(C)C)cc1)Cc1ccc(N2C(N)=NC(N)=NC2(C)C)cc1. The first-order valence-electron chi connectivity index (χ1n) is 12.3. The number of hydrogen-bond acceptors (Lipinski definition) is 10. The molecule has 0 spiro atoms. The van der Waals surface area contributed by atoms with Gasteiger partial charge in [-0.1, -0.05) is 38.1 Å². The van der Waals surface area contributed by atoms with Crippen molar-refractivity contribution in [1.82, 2.24) is 0 Å². The third-order valence-electron chi connectivity index (χ3n) is 6.54. The molecule has 0 radical (unpaired) electrons. The van der Waals surface area contributed by atoms with Gasteiger partial charge in [0.1, 0.15) is 11.3 Å². The Bertz CT molecular complexity index is 1180. The van der Waals surface area contributed by atoms with Gasteiger partial charge in [-0.25, -0.2) is 9.98 Å². The fourth-order valence-electron chi connectivity index (χ4n) is 5.20. The molecule has 8 N–H and O–H groups in total. The number of hydrogen-bond donors (Lipinski definition) is 4. The van der Waals surface area contributed by atoms with Crippen LogP contribution in [-0.2, 0) is 12.8 Å². The minimum Gasteiger partial charge on any atom is -0.369 e. The lowest BCUT2D eigenvalue weighted by Gasteiger charge is -2.38. The maximum absolute atomic E-state index is 6.18. The van der Waals surface area contributed by atoms with Crippen LogP contribution in [-0.4, -0.2) is 35.2 Å². The second-order valence-electron chi connectivity index (χ2n) is 11.4. The zero-order chi connectivity index (χ0) is 27.2. The largest absolute Gasteiger partial charge is 0.369 e. The van der Waals surface area contributed by atoms with Crippen LogP contribution >= 0.6 is 0 Å². The first kappa shape index (κ1) is 26.0. The van der Waals surface area contributed by atoms with Crippen molar-refractivity contribution in [3.05, 3.63) is 59.7 Å². The van der Waals surface area contributed by atoms with Crippen LogP contribution in [0.5, 0.6) is 0 Å². The van der Waals surface area contributed by atoms with Crippen LogP contribution in [0.1, 0.15) is 52.7 Å². The zero-order valence-electron chi connectivity index (χ0n) is 22.5. The molecule has 0 fully saturated rings. The summed E-state index contributed by atoms with van der Waals surface area (Å²) in [6, 6.07) is 16.8. The molecule has 0 saturated heterocycles. The van der Waals surface area contributed by atoms with Crippen molar-refractivity contribution < 1.29 is 0 Å². The fraction of sp³-hybridized carbons (Fsp3) is 0.407. The van der Waals surface area contributed by atoms with Crippen LogP contribution in [0.15, 0.2) is 68.5 Å². The van der Waals surface area contributed by atoms with Crippen LogP contribution < -0.4 is 32.7 Å². The summed E-state index contributed by atoms with van der Waals surface area (Å²) in [5, 5.41) is 0. The van der Waals surface area contributed by atoms with Crippen molar-refractivity contribution in [1.29, 1.82) is 0 Å². The van der Waals surface area contributed by atoms with E-state index in [1.165, 1.54) is 11.1 Å². The minimum absolute atomic E-state index is 0.0380. The summed E-state index contributed by atoms with van der Waals surface area (Å²) in [5.41, 5.74) is 27.1. The van der Waals surface area contributed by atoms with Crippen molar-refractivity contribution in [2.75, 3.05) is 9.80 Å². The molecule has 0 unspecified atom stereocenters. The van der Waals surface area contributed by atoms with Crippen molar-refractivity contribution in [2.45, 2.75) is 65.7 Å². The van der Waals surface area contributed by atoms with E-state index in [1.807, 2.05) is 37.5 Å². The van der Waals surface area contributed by atoms with Gasteiger partial charge in [0.25, 0.3) is 0 Å². The van der Waals surface area contributed by atoms with Crippen LogP contribution in [0, 0.1) is 5.41 Å². The molecular formula is C27H38N10. The van der Waals surface area contributed by atoms with Crippen molar-refractivity contribution in [3.8, 4) is 0 Å². The van der Waals surface area contributed by atoms with E-state index < -0.39 is 11.3 Å². The Kier molecular flexibility index (Phi) is 6.39. The monoisotopic (exact) mass is 502 g/mol. The van der Waals surface area contributed by atoms with E-state index in [1.54, 1.807) is 0 Å². The minimum atomic E-state index is -0.609. The normalized spacial score (nSPS) is 19.1. The maximum atomic E-state index is 6.18. The molecule has 2 aliphatic rings. The maximum Gasteiger partial charge on any atom is 0.220 e. The van der Waals surface area contributed by atoms with E-state index in [9.17, 15) is 0 Å². The van der Waals surface area contributed by atoms with Gasteiger partial charge in [0, 0.05) is 11.4 Å². The topological polar surface area (TPSA) is 160 Å². The number of nitrogens with zero attached hydrogens (tertiary/aromatic N) is 6. The van der Waals surface area contributed by atoms with Gasteiger partial charge in [-0.15, -0.1) is 0 Å². The van der Waals surface area contributed by atoms with Crippen molar-refractivity contribution >= 4 is 35.2 Å². The van der Waals surface area contributed by atoms with Gasteiger partial charge in [-0.3, -0.25) is 9.80 Å². The average molecular weight is 503 g/mol. The number of aliphatic imine (C=N–C) groups is 4. The summed E-state index contributed by atoms with van der Waals surface area (Å²) in [7, 11) is 0. The van der Waals surface area contributed by atoms with Crippen LogP contribution in [0.25, 0.3) is 0 Å². The molecular weight excluding hydrogens is 464 g/mol. The summed E-state index contributed by atoms with van der Waals surface area (Å²) in [5.74, 6) is 1.06. The predicted octanol–water partition coefficient (Wildman–Crippen LogP) is 2.87. The van der Waals surface area contributed by atoms with Crippen LogP contribution in [0.3, 0.4) is 0 Å². The standard InChI is InChI=1S/C27H38N10/c1-25(2,15-17-7-11-19(12-8-17)36-23(30)32-21(28)34-26(36,3)4)16-18-9-13-20(14-10-18)37-24(31)33-22(29)35-27(37,5)6/h7-14H,15-16H2,1-6H3,(H4,28,30,32,34)(H4,29,31,33,35). The zero-order valence-corrected chi connectivity index (χ0v) is 22.5. The van der Waals surface area contributed by atoms with Gasteiger partial charge in [0.05, 0.1) is 0 Å². The predicted molar refractivity (Wildman–Crippen MR) is 154 cm³/mol. The molecule has 0 aromatic heterocycles. The molecule has 2 aliphatic heterocycles. The average Bonchev–Trinajstić information content (AvgIpc) is 2.73. The fourth-order valence-corrected chi connectivity index (χ4v) is 5.20. The number of benzene rings is 2. The molecule has 0 amide bonds. The highest BCUT2D eigenvalue weighted by molar-refractivity contribution is 6.06. The van der Waals surface area contributed by atoms with E-state index in [0.29, 0.717) is 11.9 Å². The Balaban J connectivity index is 1.44. The van der Waals surface area contributed by atoms with E-state index >= 15 is 0 Å². The second-order valence-corrected chi connectivity index (χ2v) is 11.4. The van der Waals surface area contributed by atoms with E-state index in [0.717, 1.165) is 24.2 Å². The molecule has 0 bridgehead atoms. The molecule has 4 rings (SSSR count). The Morgan fingerprint density at radius 3 is 1.24 bits per heavy atom. The Morgan fingerprint density at radius 1 is 0.622 bits per heavy atom. The summed E-state index contributed by atoms with van der Waals surface area (Å²) >= 11 is 0. The summed E-state index contributed by atoms with van der Waals surface area (Å²) in [6.07, 6.45) is 1.83. The van der Waals surface area contributed by atoms with Gasteiger partial charge >= 0.3 is 0 Å². The third-order valence-corrected chi connectivity index (χ3v) is 6.54. The summed E-state index contributed by atoms with van der Waals surface area (Å²) in [4.78, 5) is 20.9. The van der Waals surface area contributed by atoms with Crippen LogP contribution in [0.4, 0.5) is 11.4 Å². The molecule has 2 aromatic rings. The van der Waals surface area contributed by atoms with Crippen LogP contribution in [0.2, 0.25) is 0 Å². The van der Waals surface area contributed by atoms with Gasteiger partial charge in [0.15, 0.2) is 0 Å². The van der Waals surface area contributed by atoms with Crippen molar-refractivity contribution in [3.63, 3.8) is 0 Å². The molecule has 2 aromatic carbocycles. The first-order chi connectivity index (χ1) is 17.2. The molecule has 0 aliphatic carbocycles. The van der Waals surface area contributed by atoms with Gasteiger partial charge < -0.3 is 22.9 Å². The lowest BCUT2D eigenvalue weighted by Crippen LogP contribution is -2.54. The summed E-state index contributed by atoms with van der Waals surface area (Å²) in [6.45, 7) is 12.4. The first-order valence-corrected chi connectivity index (χ1v) is 12.3. The molecule has 10 nitrogen and oxygen atoms in total. The van der Waals surface area contributed by atoms with Gasteiger partial charge in [0.2, 0.25) is 23.8 Å². The quantitative estimate of drug-likeness (QED) is 0.475. The van der Waals surface area contributed by atoms with Gasteiger partial charge in [-0.05, 0) is 81.3 Å². The molecule has 2 heterocycles. The van der Waals surface area contributed by atoms with Crippen molar-refractivity contribution in [2.24, 2.45) is 48.3 Å². The highest BCUT2D eigenvalue weighted by atomic mass is 15.4. The van der Waals surface area contributed by atoms with E-state index in [-0.39, 0.29) is 17.3 Å². The number of anilines is 2.